The molecule has 10 N–H and O–H groups in total. The van der Waals surface area contributed by atoms with Crippen LogP contribution in [0.25, 0.3) is 0 Å². The van der Waals surface area contributed by atoms with Crippen molar-refractivity contribution in [2.24, 2.45) is 43.3 Å². The first kappa shape index (κ1) is 20.0. The molecule has 0 aromatic heterocycles. The molecule has 0 amide bonds. The normalized spacial score (nSPS) is 11.4. The van der Waals surface area contributed by atoms with E-state index in [1.165, 1.54) is 13.3 Å². The minimum atomic E-state index is -4.67. The molecule has 14 heteroatoms. The Bertz CT molecular complexity index is 479. The maximum Gasteiger partial charge on any atom is 0.394 e. The van der Waals surface area contributed by atoms with Gasteiger partial charge in [-0.25, -0.2) is 0 Å². The third-order valence-corrected chi connectivity index (χ3v) is 0.966. The van der Waals surface area contributed by atoms with Crippen LogP contribution in [0.4, 0.5) is 0 Å². The summed E-state index contributed by atoms with van der Waals surface area (Å²) in [5.41, 5.74) is 20.6. The molecule has 0 aromatic carbocycles. The topological polar surface area (TPSA) is 237 Å². The summed E-state index contributed by atoms with van der Waals surface area (Å²) in [6.45, 7) is 0.181. The smallest absolute Gasteiger partial charge is 0.378 e. The Morgan fingerprint density at radius 1 is 1.10 bits per heavy atom. The lowest BCUT2D eigenvalue weighted by molar-refractivity contribution is 0.246. The first-order valence-corrected chi connectivity index (χ1v) is 5.92. The van der Waals surface area contributed by atoms with Gasteiger partial charge >= 0.3 is 10.4 Å². The zero-order valence-corrected chi connectivity index (χ0v) is 11.2. The van der Waals surface area contributed by atoms with E-state index in [-0.39, 0.29) is 18.5 Å². The summed E-state index contributed by atoms with van der Waals surface area (Å²) in [7, 11) is -3.18. The summed E-state index contributed by atoms with van der Waals surface area (Å²) in [5, 5.41) is 13.9. The number of nitrogens with zero attached hydrogens (tertiary/aromatic N) is 4. The molecule has 0 aliphatic rings. The second kappa shape index (κ2) is 10.6. The monoisotopic (exact) mass is 312 g/mol. The molecule has 0 radical (unpaired) electrons. The second-order valence-corrected chi connectivity index (χ2v) is 3.66. The minimum Gasteiger partial charge on any atom is -0.378 e. The van der Waals surface area contributed by atoms with E-state index in [1.54, 1.807) is 0 Å². The Balaban J connectivity index is 0. The van der Waals surface area contributed by atoms with Crippen LogP contribution in [0.5, 0.6) is 0 Å². The van der Waals surface area contributed by atoms with Gasteiger partial charge < -0.3 is 27.7 Å². The fraction of sp³-hybridized carbons (Fsp3) is 0.333. The van der Waals surface area contributed by atoms with E-state index in [1.807, 2.05) is 0 Å². The largest absolute Gasteiger partial charge is 0.394 e. The van der Waals surface area contributed by atoms with Crippen LogP contribution in [-0.4, -0.2) is 55.1 Å². The van der Waals surface area contributed by atoms with Gasteiger partial charge in [-0.05, 0) is 0 Å². The summed E-state index contributed by atoms with van der Waals surface area (Å²) in [6.07, 6.45) is 1.27. The molecule has 0 heterocycles. The highest BCUT2D eigenvalue weighted by atomic mass is 32.3. The second-order valence-electron chi connectivity index (χ2n) is 2.77. The number of hydrogen-bond acceptors (Lipinski definition) is 7. The first-order chi connectivity index (χ1) is 9.06. The Labute approximate surface area is 114 Å². The van der Waals surface area contributed by atoms with E-state index in [9.17, 15) is 0 Å². The van der Waals surface area contributed by atoms with Crippen LogP contribution in [0.3, 0.4) is 0 Å². The van der Waals surface area contributed by atoms with Crippen molar-refractivity contribution in [3.63, 3.8) is 0 Å². The van der Waals surface area contributed by atoms with Gasteiger partial charge in [0.15, 0.2) is 0 Å². The third-order valence-electron chi connectivity index (χ3n) is 0.966. The third kappa shape index (κ3) is 24.8. The van der Waals surface area contributed by atoms with Gasteiger partial charge in [-0.15, -0.1) is 15.3 Å². The highest BCUT2D eigenvalue weighted by Crippen LogP contribution is 1.81. The Hall–Kier alpha value is -2.29. The Kier molecular flexibility index (Phi) is 10.6. The molecular weight excluding hydrogens is 296 g/mol. The minimum absolute atomic E-state index is 0.162. The summed E-state index contributed by atoms with van der Waals surface area (Å²) in [5.74, 6) is -0.330. The molecular formula is C6H16N8O5S. The van der Waals surface area contributed by atoms with Crippen LogP contribution in [-0.2, 0) is 15.1 Å². The van der Waals surface area contributed by atoms with E-state index in [2.05, 4.69) is 20.4 Å². The predicted octanol–water partition coefficient (Wildman–Crippen LogP) is -3.13. The zero-order chi connectivity index (χ0) is 16.2. The van der Waals surface area contributed by atoms with Crippen molar-refractivity contribution in [1.82, 2.24) is 0 Å². The number of guanidine groups is 2. The SMILES string of the molecule is COCC(/C=N/N=C(N)N)=N\N=C(N)N.O=S(=O)(O)O. The van der Waals surface area contributed by atoms with Crippen molar-refractivity contribution in [3.05, 3.63) is 0 Å². The zero-order valence-electron chi connectivity index (χ0n) is 10.4. The average molecular weight is 312 g/mol. The number of methoxy groups -OCH3 is 1. The van der Waals surface area contributed by atoms with Gasteiger partial charge in [0.1, 0.15) is 5.71 Å². The Morgan fingerprint density at radius 3 is 1.90 bits per heavy atom. The van der Waals surface area contributed by atoms with Crippen LogP contribution in [0.2, 0.25) is 0 Å². The fourth-order valence-electron chi connectivity index (χ4n) is 0.524. The molecule has 0 saturated heterocycles. The van der Waals surface area contributed by atoms with Gasteiger partial charge in [-0.3, -0.25) is 9.11 Å². The summed E-state index contributed by atoms with van der Waals surface area (Å²) in [4.78, 5) is 0. The van der Waals surface area contributed by atoms with Gasteiger partial charge in [0.05, 0.1) is 12.8 Å². The molecule has 0 aliphatic heterocycles. The van der Waals surface area contributed by atoms with Crippen molar-refractivity contribution in [2.45, 2.75) is 0 Å². The molecule has 0 aromatic rings. The highest BCUT2D eigenvalue weighted by Gasteiger charge is 1.93. The van der Waals surface area contributed by atoms with Crippen molar-refractivity contribution in [1.29, 1.82) is 0 Å². The van der Waals surface area contributed by atoms with Gasteiger partial charge in [0.25, 0.3) is 0 Å². The lowest BCUT2D eigenvalue weighted by atomic mass is 10.4. The molecule has 0 aliphatic carbocycles. The van der Waals surface area contributed by atoms with E-state index in [0.717, 1.165) is 0 Å². The highest BCUT2D eigenvalue weighted by molar-refractivity contribution is 7.79. The maximum absolute atomic E-state index is 8.74. The van der Waals surface area contributed by atoms with Crippen LogP contribution < -0.4 is 22.9 Å². The number of ether oxygens (including phenoxy) is 1. The van der Waals surface area contributed by atoms with Gasteiger partial charge in [0, 0.05) is 7.11 Å². The molecule has 0 fully saturated rings. The van der Waals surface area contributed by atoms with Crippen molar-refractivity contribution >= 4 is 34.2 Å². The molecule has 0 spiro atoms. The van der Waals surface area contributed by atoms with E-state index in [0.29, 0.717) is 5.71 Å². The van der Waals surface area contributed by atoms with Crippen molar-refractivity contribution in [3.8, 4) is 0 Å². The average Bonchev–Trinajstić information content (AvgIpc) is 2.22. The summed E-state index contributed by atoms with van der Waals surface area (Å²) < 4.78 is 36.4. The van der Waals surface area contributed by atoms with Gasteiger partial charge in [-0.2, -0.15) is 13.5 Å². The van der Waals surface area contributed by atoms with Gasteiger partial charge in [-0.1, -0.05) is 0 Å². The maximum atomic E-state index is 8.74. The van der Waals surface area contributed by atoms with E-state index in [4.69, 9.17) is 45.2 Å². The summed E-state index contributed by atoms with van der Waals surface area (Å²) >= 11 is 0. The molecule has 0 unspecified atom stereocenters. The van der Waals surface area contributed by atoms with Crippen LogP contribution in [0, 0.1) is 0 Å². The van der Waals surface area contributed by atoms with Gasteiger partial charge in [0.2, 0.25) is 11.9 Å². The molecule has 13 nitrogen and oxygen atoms in total. The molecule has 0 saturated carbocycles. The molecule has 116 valence electrons. The fourth-order valence-corrected chi connectivity index (χ4v) is 0.524. The first-order valence-electron chi connectivity index (χ1n) is 4.52. The van der Waals surface area contributed by atoms with E-state index < -0.39 is 10.4 Å². The number of hydrogen-bond donors (Lipinski definition) is 6. The standard InChI is InChI=1S/C6H14N8O.H2O4S/c1-15-3-4(12-14-6(9)10)2-11-13-5(7)8;1-5(2,3)4/h2H,3H2,1H3,(H4,7,8,13)(H4,9,10,14);(H2,1,2,3,4)/b11-2+,12-4-;. The lowest BCUT2D eigenvalue weighted by Crippen LogP contribution is -2.22. The molecule has 0 atom stereocenters. The quantitative estimate of drug-likeness (QED) is 0.130. The van der Waals surface area contributed by atoms with Crippen LogP contribution >= 0.6 is 0 Å². The molecule has 0 bridgehead atoms. The predicted molar refractivity (Wildman–Crippen MR) is 73.6 cm³/mol. The Morgan fingerprint density at radius 2 is 1.55 bits per heavy atom. The molecule has 20 heavy (non-hydrogen) atoms. The number of rotatable bonds is 5. The van der Waals surface area contributed by atoms with Crippen LogP contribution in [0.1, 0.15) is 0 Å². The van der Waals surface area contributed by atoms with Crippen molar-refractivity contribution < 1.29 is 22.3 Å². The van der Waals surface area contributed by atoms with Crippen molar-refractivity contribution in [2.75, 3.05) is 13.7 Å². The van der Waals surface area contributed by atoms with E-state index >= 15 is 0 Å². The lowest BCUT2D eigenvalue weighted by Gasteiger charge is -1.95. The van der Waals surface area contributed by atoms with Crippen LogP contribution in [0.15, 0.2) is 20.4 Å². The number of nitrogens with two attached hydrogens (primary N) is 4. The molecule has 0 rings (SSSR count). The summed E-state index contributed by atoms with van der Waals surface area (Å²) in [6, 6.07) is 0.